The van der Waals surface area contributed by atoms with Crippen LogP contribution < -0.4 is 0 Å². The fourth-order valence-corrected chi connectivity index (χ4v) is 4.79. The lowest BCUT2D eigenvalue weighted by atomic mass is 9.99. The Morgan fingerprint density at radius 3 is 2.52 bits per heavy atom. The monoisotopic (exact) mass is 363 g/mol. The first kappa shape index (κ1) is 18.1. The summed E-state index contributed by atoms with van der Waals surface area (Å²) < 4.78 is 32.1. The van der Waals surface area contributed by atoms with Crippen molar-refractivity contribution >= 4 is 10.0 Å². The van der Waals surface area contributed by atoms with E-state index in [4.69, 9.17) is 4.52 Å². The van der Waals surface area contributed by atoms with Gasteiger partial charge < -0.3 is 4.52 Å². The van der Waals surface area contributed by atoms with Gasteiger partial charge in [0, 0.05) is 37.8 Å². The van der Waals surface area contributed by atoms with Crippen molar-refractivity contribution < 1.29 is 12.9 Å². The number of hydrogen-bond acceptors (Lipinski definition) is 5. The highest BCUT2D eigenvalue weighted by Gasteiger charge is 2.38. The lowest BCUT2D eigenvalue weighted by Gasteiger charge is -2.46. The number of benzene rings is 1. The van der Waals surface area contributed by atoms with Crippen molar-refractivity contribution in [2.45, 2.75) is 38.6 Å². The molecule has 0 aliphatic carbocycles. The molecule has 0 unspecified atom stereocenters. The minimum atomic E-state index is -3.42. The minimum Gasteiger partial charge on any atom is -0.360 e. The van der Waals surface area contributed by atoms with Gasteiger partial charge in [0.15, 0.2) is 5.76 Å². The highest BCUT2D eigenvalue weighted by Crippen LogP contribution is 2.26. The molecule has 3 rings (SSSR count). The Hall–Kier alpha value is -1.70. The van der Waals surface area contributed by atoms with Crippen LogP contribution in [0.5, 0.6) is 0 Å². The van der Waals surface area contributed by atoms with E-state index in [0.29, 0.717) is 31.1 Å². The van der Waals surface area contributed by atoms with Gasteiger partial charge in [0.25, 0.3) is 0 Å². The van der Waals surface area contributed by atoms with Crippen LogP contribution in [0.25, 0.3) is 0 Å². The molecule has 0 amide bonds. The van der Waals surface area contributed by atoms with Crippen molar-refractivity contribution in [1.82, 2.24) is 14.4 Å². The predicted molar refractivity (Wildman–Crippen MR) is 96.4 cm³/mol. The van der Waals surface area contributed by atoms with Crippen LogP contribution >= 0.6 is 0 Å². The SMILES string of the molecule is Cc1cc(CS(=O)(=O)N2CCN(Cc3ccccc3)C(C)(C)C2)on1. The molecule has 2 aromatic rings. The standard InChI is InChI=1S/C18H25N3O3S/c1-15-11-17(24-19-15)13-25(22,23)21-10-9-20(18(2,3)14-21)12-16-7-5-4-6-8-16/h4-8,11H,9-10,12-14H2,1-3H3. The van der Waals surface area contributed by atoms with Crippen LogP contribution in [-0.2, 0) is 22.3 Å². The van der Waals surface area contributed by atoms with Gasteiger partial charge in [-0.3, -0.25) is 4.90 Å². The smallest absolute Gasteiger partial charge is 0.221 e. The lowest BCUT2D eigenvalue weighted by molar-refractivity contribution is 0.0471. The summed E-state index contributed by atoms with van der Waals surface area (Å²) in [7, 11) is -3.42. The van der Waals surface area contributed by atoms with E-state index in [0.717, 1.165) is 6.54 Å². The molecule has 6 nitrogen and oxygen atoms in total. The van der Waals surface area contributed by atoms with Crippen LogP contribution in [0.4, 0.5) is 0 Å². The van der Waals surface area contributed by atoms with Gasteiger partial charge >= 0.3 is 0 Å². The maximum absolute atomic E-state index is 12.7. The van der Waals surface area contributed by atoms with Gasteiger partial charge in [-0.25, -0.2) is 8.42 Å². The summed E-state index contributed by atoms with van der Waals surface area (Å²) in [6.45, 7) is 8.46. The van der Waals surface area contributed by atoms with Crippen LogP contribution in [0.2, 0.25) is 0 Å². The minimum absolute atomic E-state index is 0.136. The third kappa shape index (κ3) is 4.29. The van der Waals surface area contributed by atoms with Crippen LogP contribution in [-0.4, -0.2) is 48.0 Å². The third-order valence-electron chi connectivity index (χ3n) is 4.65. The number of nitrogens with zero attached hydrogens (tertiary/aromatic N) is 3. The van der Waals surface area contributed by atoms with Crippen molar-refractivity contribution in [3.8, 4) is 0 Å². The van der Waals surface area contributed by atoms with Gasteiger partial charge in [0.1, 0.15) is 5.75 Å². The maximum Gasteiger partial charge on any atom is 0.221 e. The second kappa shape index (κ2) is 6.90. The zero-order valence-corrected chi connectivity index (χ0v) is 15.8. The average molecular weight is 363 g/mol. The van der Waals surface area contributed by atoms with Crippen LogP contribution in [0.15, 0.2) is 40.9 Å². The van der Waals surface area contributed by atoms with Gasteiger partial charge in [-0.1, -0.05) is 35.5 Å². The second-order valence-electron chi connectivity index (χ2n) is 7.24. The highest BCUT2D eigenvalue weighted by atomic mass is 32.2. The largest absolute Gasteiger partial charge is 0.360 e. The molecule has 1 aliphatic heterocycles. The van der Waals surface area contributed by atoms with E-state index in [1.54, 1.807) is 17.3 Å². The first-order valence-electron chi connectivity index (χ1n) is 8.45. The maximum atomic E-state index is 12.7. The molecule has 0 spiro atoms. The Balaban J connectivity index is 1.68. The lowest BCUT2D eigenvalue weighted by Crippen LogP contribution is -2.59. The zero-order chi connectivity index (χ0) is 18.1. The molecule has 0 atom stereocenters. The summed E-state index contributed by atoms with van der Waals surface area (Å²) in [5, 5.41) is 3.77. The van der Waals surface area contributed by atoms with Gasteiger partial charge in [-0.05, 0) is 26.3 Å². The molecule has 0 bridgehead atoms. The Labute approximate surface area is 149 Å². The quantitative estimate of drug-likeness (QED) is 0.816. The van der Waals surface area contributed by atoms with E-state index in [2.05, 4.69) is 36.0 Å². The average Bonchev–Trinajstić information content (AvgIpc) is 2.94. The van der Waals surface area contributed by atoms with Crippen molar-refractivity contribution in [2.24, 2.45) is 0 Å². The number of aromatic nitrogens is 1. The molecule has 1 saturated heterocycles. The summed E-state index contributed by atoms with van der Waals surface area (Å²) >= 11 is 0. The highest BCUT2D eigenvalue weighted by molar-refractivity contribution is 7.88. The van der Waals surface area contributed by atoms with E-state index in [-0.39, 0.29) is 11.3 Å². The van der Waals surface area contributed by atoms with Crippen molar-refractivity contribution in [3.05, 3.63) is 53.4 Å². The Morgan fingerprint density at radius 1 is 1.20 bits per heavy atom. The Morgan fingerprint density at radius 2 is 1.92 bits per heavy atom. The van der Waals surface area contributed by atoms with E-state index >= 15 is 0 Å². The first-order chi connectivity index (χ1) is 11.8. The zero-order valence-electron chi connectivity index (χ0n) is 15.0. The number of rotatable bonds is 5. The topological polar surface area (TPSA) is 66.7 Å². The second-order valence-corrected chi connectivity index (χ2v) is 9.21. The van der Waals surface area contributed by atoms with Crippen molar-refractivity contribution in [1.29, 1.82) is 0 Å². The number of hydrogen-bond donors (Lipinski definition) is 0. The molecule has 1 aliphatic rings. The van der Waals surface area contributed by atoms with Crippen LogP contribution in [0.1, 0.15) is 30.9 Å². The molecule has 2 heterocycles. The summed E-state index contributed by atoms with van der Waals surface area (Å²) in [5.41, 5.74) is 1.70. The van der Waals surface area contributed by atoms with Gasteiger partial charge in [0.05, 0.1) is 5.69 Å². The Bertz CT molecular complexity index is 815. The van der Waals surface area contributed by atoms with E-state index in [9.17, 15) is 8.42 Å². The molecule has 0 radical (unpaired) electrons. The summed E-state index contributed by atoms with van der Waals surface area (Å²) in [6, 6.07) is 11.9. The molecule has 7 heteroatoms. The number of aryl methyl sites for hydroxylation is 1. The van der Waals surface area contributed by atoms with Gasteiger partial charge in [-0.15, -0.1) is 0 Å². The van der Waals surface area contributed by atoms with E-state index < -0.39 is 10.0 Å². The predicted octanol–water partition coefficient (Wildman–Crippen LogP) is 2.41. The number of sulfonamides is 1. The van der Waals surface area contributed by atoms with Gasteiger partial charge in [-0.2, -0.15) is 4.31 Å². The fraction of sp³-hybridized carbons (Fsp3) is 0.500. The van der Waals surface area contributed by atoms with E-state index in [1.807, 2.05) is 18.2 Å². The molecule has 1 aromatic heterocycles. The Kier molecular flexibility index (Phi) is 4.99. The van der Waals surface area contributed by atoms with Gasteiger partial charge in [0.2, 0.25) is 10.0 Å². The summed E-state index contributed by atoms with van der Waals surface area (Å²) in [4.78, 5) is 2.34. The third-order valence-corrected chi connectivity index (χ3v) is 6.40. The first-order valence-corrected chi connectivity index (χ1v) is 10.1. The molecule has 0 N–H and O–H groups in total. The summed E-state index contributed by atoms with van der Waals surface area (Å²) in [6.07, 6.45) is 0. The molecule has 0 saturated carbocycles. The fourth-order valence-electron chi connectivity index (χ4n) is 3.24. The molecular formula is C18H25N3O3S. The molecule has 136 valence electrons. The van der Waals surface area contributed by atoms with Crippen LogP contribution in [0, 0.1) is 6.92 Å². The van der Waals surface area contributed by atoms with Crippen molar-refractivity contribution in [2.75, 3.05) is 19.6 Å². The molecular weight excluding hydrogens is 338 g/mol. The van der Waals surface area contributed by atoms with Crippen LogP contribution in [0.3, 0.4) is 0 Å². The molecule has 25 heavy (non-hydrogen) atoms. The normalized spacial score (nSPS) is 19.2. The van der Waals surface area contributed by atoms with Crippen molar-refractivity contribution in [3.63, 3.8) is 0 Å². The summed E-state index contributed by atoms with van der Waals surface area (Å²) in [5.74, 6) is 0.254. The molecule has 1 fully saturated rings. The number of piperazine rings is 1. The molecule has 1 aromatic carbocycles. The van der Waals surface area contributed by atoms with E-state index in [1.165, 1.54) is 5.56 Å².